The van der Waals surface area contributed by atoms with Gasteiger partial charge in [0.1, 0.15) is 11.5 Å². The van der Waals surface area contributed by atoms with E-state index in [-0.39, 0.29) is 11.6 Å². The molecule has 2 N–H and O–H groups in total. The maximum absolute atomic E-state index is 15.2. The Bertz CT molecular complexity index is 2560. The molecule has 8 heteroatoms. The molecule has 320 valence electrons. The number of carbonyl (C=O) groups is 2. The van der Waals surface area contributed by atoms with Gasteiger partial charge in [-0.25, -0.2) is 0 Å². The predicted octanol–water partition coefficient (Wildman–Crippen LogP) is 14.9. The van der Waals surface area contributed by atoms with Crippen LogP contribution >= 0.6 is 0 Å². The maximum atomic E-state index is 15.2. The second-order valence-corrected chi connectivity index (χ2v) is 30.1. The number of Topliss-reactive ketones (excluding diaryl/α,β-unsaturated/α-hetero) is 2. The van der Waals surface area contributed by atoms with E-state index in [4.69, 9.17) is 8.85 Å². The van der Waals surface area contributed by atoms with E-state index in [2.05, 4.69) is 93.1 Å². The molecule has 2 aromatic heterocycles. The van der Waals surface area contributed by atoms with Crippen LogP contribution in [-0.2, 0) is 9.59 Å². The third kappa shape index (κ3) is 6.90. The SMILES string of the molecule is CC(C)[Si](Oc1ccc(/C=C2/C(=O)/C(=C3/C(=O)/C(=C/c4ccc(O[Si](C(C)C)(C(C)C)C(C)C)cc4)c4[nH]c5ccccc5c43)c3c2[nH]c2ccccc32)cc1)(C(C)C)C(C)C. The second kappa shape index (κ2) is 16.4. The summed E-state index contributed by atoms with van der Waals surface area (Å²) >= 11 is 0. The number of aromatic amines is 2. The molecular weight excluding hydrogens is 797 g/mol. The molecule has 4 aromatic carbocycles. The minimum atomic E-state index is -2.15. The Morgan fingerprint density at radius 2 is 0.742 bits per heavy atom. The van der Waals surface area contributed by atoms with Crippen LogP contribution in [0.15, 0.2) is 97.1 Å². The van der Waals surface area contributed by atoms with Gasteiger partial charge in [0.15, 0.2) is 11.6 Å². The number of allylic oxidation sites excluding steroid dienone is 4. The van der Waals surface area contributed by atoms with Crippen molar-refractivity contribution < 1.29 is 18.4 Å². The summed E-state index contributed by atoms with van der Waals surface area (Å²) in [6.45, 7) is 27.5. The first kappa shape index (κ1) is 43.2. The zero-order valence-corrected chi connectivity index (χ0v) is 40.5. The highest BCUT2D eigenvalue weighted by Gasteiger charge is 2.48. The van der Waals surface area contributed by atoms with Crippen molar-refractivity contribution in [3.8, 4) is 11.5 Å². The van der Waals surface area contributed by atoms with Crippen LogP contribution in [0.2, 0.25) is 33.2 Å². The van der Waals surface area contributed by atoms with Crippen molar-refractivity contribution >= 4 is 84.5 Å². The van der Waals surface area contributed by atoms with E-state index in [9.17, 15) is 0 Å². The Balaban J connectivity index is 1.24. The van der Waals surface area contributed by atoms with E-state index in [1.807, 2.05) is 109 Å². The van der Waals surface area contributed by atoms with E-state index in [1.54, 1.807) is 0 Å². The van der Waals surface area contributed by atoms with Crippen molar-refractivity contribution in [1.82, 2.24) is 9.97 Å². The standard InChI is InChI=1S/C54H62N2O4Si2/c1-31(2)61(32(3)4,33(5)6)59-39-25-21-37(22-26-39)29-43-51-47(41-17-13-15-19-45(41)55-51)49(53(43)57)50-48-42-18-14-16-20-46(42)56-52(48)44(54(50)58)30-38-23-27-40(28-24-38)60-62(34(7)8,35(9)10)36(11)12/h13-36,55-56H,1-12H3/b43-29+,44-30+,50-49+. The quantitative estimate of drug-likeness (QED) is 0.0948. The number of hydrogen-bond donors (Lipinski definition) is 2. The van der Waals surface area contributed by atoms with Crippen molar-refractivity contribution in [2.24, 2.45) is 0 Å². The van der Waals surface area contributed by atoms with Gasteiger partial charge in [0, 0.05) is 55.2 Å². The first-order valence-electron chi connectivity index (χ1n) is 22.6. The molecular formula is C54H62N2O4Si2. The first-order chi connectivity index (χ1) is 29.5. The summed E-state index contributed by atoms with van der Waals surface area (Å²) in [5.41, 5.74) is 11.2. The molecule has 0 amide bonds. The Morgan fingerprint density at radius 1 is 0.435 bits per heavy atom. The molecule has 0 saturated heterocycles. The molecule has 62 heavy (non-hydrogen) atoms. The second-order valence-electron chi connectivity index (χ2n) is 19.3. The number of H-pyrrole nitrogens is 2. The average Bonchev–Trinajstić information content (AvgIpc) is 3.93. The molecule has 0 unspecified atom stereocenters. The third-order valence-electron chi connectivity index (χ3n) is 14.0. The molecule has 2 heterocycles. The summed E-state index contributed by atoms with van der Waals surface area (Å²) < 4.78 is 14.0. The van der Waals surface area contributed by atoms with Crippen LogP contribution < -0.4 is 8.85 Å². The first-order valence-corrected chi connectivity index (χ1v) is 26.9. The topological polar surface area (TPSA) is 84.2 Å². The number of para-hydroxylation sites is 2. The molecule has 8 rings (SSSR count). The molecule has 0 fully saturated rings. The van der Waals surface area contributed by atoms with Gasteiger partial charge in [-0.15, -0.1) is 0 Å². The van der Waals surface area contributed by atoms with E-state index in [0.29, 0.717) is 55.5 Å². The van der Waals surface area contributed by atoms with Crippen molar-refractivity contribution in [2.45, 2.75) is 116 Å². The predicted molar refractivity (Wildman–Crippen MR) is 265 cm³/mol. The zero-order chi connectivity index (χ0) is 44.4. The Morgan fingerprint density at radius 3 is 1.05 bits per heavy atom. The number of rotatable bonds is 12. The maximum Gasteiger partial charge on any atom is 0.258 e. The lowest BCUT2D eigenvalue weighted by molar-refractivity contribution is -0.110. The largest absolute Gasteiger partial charge is 0.543 e. The van der Waals surface area contributed by atoms with Gasteiger partial charge in [0.25, 0.3) is 16.6 Å². The number of aromatic nitrogens is 2. The Kier molecular flexibility index (Phi) is 11.4. The van der Waals surface area contributed by atoms with Crippen LogP contribution in [0.25, 0.3) is 56.3 Å². The fraction of sp³-hybridized carbons (Fsp3) is 0.333. The summed E-state index contributed by atoms with van der Waals surface area (Å²) in [5, 5.41) is 1.82. The van der Waals surface area contributed by atoms with Gasteiger partial charge in [-0.2, -0.15) is 0 Å². The van der Waals surface area contributed by atoms with E-state index >= 15 is 9.59 Å². The lowest BCUT2D eigenvalue weighted by Gasteiger charge is -2.42. The third-order valence-corrected chi connectivity index (χ3v) is 26.0. The zero-order valence-electron chi connectivity index (χ0n) is 38.5. The van der Waals surface area contributed by atoms with Gasteiger partial charge < -0.3 is 18.8 Å². The van der Waals surface area contributed by atoms with Gasteiger partial charge in [-0.05, 0) is 92.9 Å². The van der Waals surface area contributed by atoms with Gasteiger partial charge in [0.05, 0.1) is 11.4 Å². The summed E-state index contributed by atoms with van der Waals surface area (Å²) in [4.78, 5) is 37.5. The van der Waals surface area contributed by atoms with Crippen molar-refractivity contribution in [2.75, 3.05) is 0 Å². The molecule has 0 saturated carbocycles. The molecule has 2 aliphatic rings. The smallest absolute Gasteiger partial charge is 0.258 e. The van der Waals surface area contributed by atoms with E-state index in [0.717, 1.165) is 66.9 Å². The van der Waals surface area contributed by atoms with Crippen LogP contribution in [0.4, 0.5) is 0 Å². The monoisotopic (exact) mass is 858 g/mol. The van der Waals surface area contributed by atoms with Crippen molar-refractivity contribution in [3.63, 3.8) is 0 Å². The summed E-state index contributed by atoms with van der Waals surface area (Å²) in [6.07, 6.45) is 3.91. The molecule has 0 aliphatic heterocycles. The van der Waals surface area contributed by atoms with Gasteiger partial charge >= 0.3 is 0 Å². The van der Waals surface area contributed by atoms with Crippen LogP contribution in [0.1, 0.15) is 117 Å². The van der Waals surface area contributed by atoms with Crippen molar-refractivity contribution in [3.05, 3.63) is 131 Å². The minimum absolute atomic E-state index is 0.168. The number of benzene rings is 4. The Labute approximate surface area is 369 Å². The summed E-state index contributed by atoms with van der Waals surface area (Å²) in [7, 11) is -4.30. The van der Waals surface area contributed by atoms with Crippen LogP contribution in [0.5, 0.6) is 11.5 Å². The molecule has 2 aliphatic carbocycles. The van der Waals surface area contributed by atoms with Gasteiger partial charge in [-0.1, -0.05) is 144 Å². The Hall–Kier alpha value is -5.45. The normalized spacial score (nSPS) is 17.2. The van der Waals surface area contributed by atoms with E-state index in [1.165, 1.54) is 0 Å². The lowest BCUT2D eigenvalue weighted by atomic mass is 9.93. The van der Waals surface area contributed by atoms with Crippen LogP contribution in [0.3, 0.4) is 0 Å². The molecule has 0 spiro atoms. The number of fused-ring (bicyclic) bond motifs is 6. The lowest BCUT2D eigenvalue weighted by Crippen LogP contribution is -2.50. The fourth-order valence-corrected chi connectivity index (χ4v) is 21.9. The molecule has 0 bridgehead atoms. The molecule has 6 nitrogen and oxygen atoms in total. The molecule has 0 radical (unpaired) electrons. The highest BCUT2D eigenvalue weighted by Crippen LogP contribution is 2.52. The number of hydrogen-bond acceptors (Lipinski definition) is 4. The van der Waals surface area contributed by atoms with Gasteiger partial charge in [-0.3, -0.25) is 9.59 Å². The van der Waals surface area contributed by atoms with Crippen LogP contribution in [0, 0.1) is 0 Å². The van der Waals surface area contributed by atoms with Crippen molar-refractivity contribution in [1.29, 1.82) is 0 Å². The van der Waals surface area contributed by atoms with Crippen LogP contribution in [-0.4, -0.2) is 38.2 Å². The summed E-state index contributed by atoms with van der Waals surface area (Å²) in [6, 6.07) is 32.4. The number of carbonyl (C=O) groups excluding carboxylic acids is 2. The fourth-order valence-electron chi connectivity index (χ4n) is 11.4. The van der Waals surface area contributed by atoms with Gasteiger partial charge in [0.2, 0.25) is 0 Å². The average molecular weight is 859 g/mol. The number of ketones is 2. The highest BCUT2D eigenvalue weighted by molar-refractivity contribution is 6.78. The highest BCUT2D eigenvalue weighted by atomic mass is 28.4. The number of nitrogens with one attached hydrogen (secondary N) is 2. The minimum Gasteiger partial charge on any atom is -0.543 e. The molecule has 6 aromatic rings. The van der Waals surface area contributed by atoms with E-state index < -0.39 is 16.6 Å². The molecule has 0 atom stereocenters. The summed E-state index contributed by atoms with van der Waals surface area (Å²) in [5.74, 6) is 1.39.